The van der Waals surface area contributed by atoms with E-state index in [9.17, 15) is 4.79 Å². The van der Waals surface area contributed by atoms with Gasteiger partial charge in [-0.1, -0.05) is 18.2 Å². The van der Waals surface area contributed by atoms with E-state index in [0.29, 0.717) is 6.42 Å². The van der Waals surface area contributed by atoms with Gasteiger partial charge in [0.25, 0.3) is 0 Å². The maximum atomic E-state index is 10.9. The molecule has 0 aliphatic rings. The second kappa shape index (κ2) is 6.58. The van der Waals surface area contributed by atoms with Crippen molar-refractivity contribution in [1.82, 2.24) is 9.38 Å². The number of nitrogens with zero attached hydrogens (tertiary/aromatic N) is 2. The molecule has 0 aliphatic carbocycles. The Morgan fingerprint density at radius 2 is 2.17 bits per heavy atom. The molecule has 5 heteroatoms. The summed E-state index contributed by atoms with van der Waals surface area (Å²) < 4.78 is 7.18. The third-order valence-electron chi connectivity index (χ3n) is 3.85. The van der Waals surface area contributed by atoms with E-state index >= 15 is 0 Å². The molecule has 0 saturated carbocycles. The summed E-state index contributed by atoms with van der Waals surface area (Å²) in [5, 5.41) is 8.95. The van der Waals surface area contributed by atoms with Crippen LogP contribution in [0, 0.1) is 6.92 Å². The van der Waals surface area contributed by atoms with Crippen LogP contribution in [0.25, 0.3) is 11.7 Å². The molecule has 0 bridgehead atoms. The lowest BCUT2D eigenvalue weighted by molar-refractivity contribution is -0.131. The third kappa shape index (κ3) is 3.15. The van der Waals surface area contributed by atoms with E-state index in [1.807, 2.05) is 53.9 Å². The molecular weight excluding hydrogens is 304 g/mol. The van der Waals surface area contributed by atoms with Crippen LogP contribution in [-0.2, 0) is 11.2 Å². The molecule has 2 aromatic heterocycles. The number of rotatable bonds is 5. The SMILES string of the molecule is COc1cccc(Cc2nc3c(C)cccn3c2/C=C/C(=O)O)c1. The standard InChI is InChI=1S/C19H18N2O3/c1-13-5-4-10-21-17(8-9-18(22)23)16(20-19(13)21)12-14-6-3-7-15(11-14)24-2/h3-11H,12H2,1-2H3,(H,22,23)/b9-8+. The van der Waals surface area contributed by atoms with E-state index in [1.54, 1.807) is 13.2 Å². The molecule has 3 rings (SSSR count). The monoisotopic (exact) mass is 322 g/mol. The van der Waals surface area contributed by atoms with Gasteiger partial charge in [0.05, 0.1) is 18.5 Å². The Morgan fingerprint density at radius 1 is 1.33 bits per heavy atom. The van der Waals surface area contributed by atoms with E-state index in [2.05, 4.69) is 0 Å². The van der Waals surface area contributed by atoms with Crippen molar-refractivity contribution >= 4 is 17.7 Å². The van der Waals surface area contributed by atoms with Crippen LogP contribution in [0.5, 0.6) is 5.75 Å². The van der Waals surface area contributed by atoms with E-state index < -0.39 is 5.97 Å². The zero-order valence-electron chi connectivity index (χ0n) is 13.6. The van der Waals surface area contributed by atoms with Gasteiger partial charge in [0.15, 0.2) is 0 Å². The molecule has 24 heavy (non-hydrogen) atoms. The quantitative estimate of drug-likeness (QED) is 0.732. The largest absolute Gasteiger partial charge is 0.497 e. The number of imidazole rings is 1. The van der Waals surface area contributed by atoms with Crippen molar-refractivity contribution in [2.45, 2.75) is 13.3 Å². The van der Waals surface area contributed by atoms with Crippen LogP contribution in [0.1, 0.15) is 22.5 Å². The number of fused-ring (bicyclic) bond motifs is 1. The van der Waals surface area contributed by atoms with Crippen molar-refractivity contribution in [1.29, 1.82) is 0 Å². The molecule has 1 N–H and O–H groups in total. The van der Waals surface area contributed by atoms with Crippen molar-refractivity contribution in [3.63, 3.8) is 0 Å². The number of aryl methyl sites for hydroxylation is 1. The van der Waals surface area contributed by atoms with E-state index in [1.165, 1.54) is 0 Å². The number of carbonyl (C=O) groups is 1. The zero-order chi connectivity index (χ0) is 17.1. The Hall–Kier alpha value is -3.08. The van der Waals surface area contributed by atoms with Gasteiger partial charge < -0.3 is 9.84 Å². The van der Waals surface area contributed by atoms with E-state index in [4.69, 9.17) is 14.8 Å². The summed E-state index contributed by atoms with van der Waals surface area (Å²) in [4.78, 5) is 15.6. The van der Waals surface area contributed by atoms with Gasteiger partial charge in [0.1, 0.15) is 11.4 Å². The first-order chi connectivity index (χ1) is 11.6. The third-order valence-corrected chi connectivity index (χ3v) is 3.85. The highest BCUT2D eigenvalue weighted by Crippen LogP contribution is 2.22. The Labute approximate surface area is 139 Å². The van der Waals surface area contributed by atoms with Crippen LogP contribution < -0.4 is 4.74 Å². The van der Waals surface area contributed by atoms with Crippen LogP contribution in [0.3, 0.4) is 0 Å². The van der Waals surface area contributed by atoms with Gasteiger partial charge in [0.2, 0.25) is 0 Å². The molecule has 0 aliphatic heterocycles. The Kier molecular flexibility index (Phi) is 4.33. The smallest absolute Gasteiger partial charge is 0.328 e. The van der Waals surface area contributed by atoms with Gasteiger partial charge in [-0.3, -0.25) is 4.40 Å². The molecule has 0 atom stereocenters. The minimum Gasteiger partial charge on any atom is -0.497 e. The van der Waals surface area contributed by atoms with Crippen molar-refractivity contribution in [2.75, 3.05) is 7.11 Å². The summed E-state index contributed by atoms with van der Waals surface area (Å²) in [7, 11) is 1.63. The van der Waals surface area contributed by atoms with Crippen LogP contribution in [0.4, 0.5) is 0 Å². The molecule has 1 aromatic carbocycles. The number of carboxylic acids is 1. The lowest BCUT2D eigenvalue weighted by Crippen LogP contribution is -1.95. The Bertz CT molecular complexity index is 926. The first-order valence-corrected chi connectivity index (χ1v) is 7.59. The molecule has 0 spiro atoms. The van der Waals surface area contributed by atoms with Gasteiger partial charge in [-0.15, -0.1) is 0 Å². The average molecular weight is 322 g/mol. The van der Waals surface area contributed by atoms with Gasteiger partial charge >= 0.3 is 5.97 Å². The number of pyridine rings is 1. The highest BCUT2D eigenvalue weighted by molar-refractivity contribution is 5.85. The Morgan fingerprint density at radius 3 is 2.92 bits per heavy atom. The van der Waals surface area contributed by atoms with Gasteiger partial charge in [0, 0.05) is 18.7 Å². The van der Waals surface area contributed by atoms with Gasteiger partial charge in [-0.2, -0.15) is 0 Å². The maximum Gasteiger partial charge on any atom is 0.328 e. The molecule has 5 nitrogen and oxygen atoms in total. The van der Waals surface area contributed by atoms with E-state index in [0.717, 1.165) is 40.0 Å². The van der Waals surface area contributed by atoms with Crippen LogP contribution >= 0.6 is 0 Å². The molecule has 3 aromatic rings. The van der Waals surface area contributed by atoms with Gasteiger partial charge in [-0.05, 0) is 42.3 Å². The highest BCUT2D eigenvalue weighted by Gasteiger charge is 2.12. The molecule has 0 unspecified atom stereocenters. The first kappa shape index (κ1) is 15.8. The minimum absolute atomic E-state index is 0.595. The number of hydrogen-bond donors (Lipinski definition) is 1. The topological polar surface area (TPSA) is 63.8 Å². The van der Waals surface area contributed by atoms with Crippen molar-refractivity contribution in [3.05, 3.63) is 71.2 Å². The minimum atomic E-state index is -0.982. The highest BCUT2D eigenvalue weighted by atomic mass is 16.5. The lowest BCUT2D eigenvalue weighted by Gasteiger charge is -2.04. The van der Waals surface area contributed by atoms with Crippen LogP contribution in [0.15, 0.2) is 48.7 Å². The Balaban J connectivity index is 2.10. The number of aromatic nitrogens is 2. The molecule has 0 amide bonds. The fraction of sp³-hybridized carbons (Fsp3) is 0.158. The summed E-state index contributed by atoms with van der Waals surface area (Å²) in [5.41, 5.74) is 4.54. The first-order valence-electron chi connectivity index (χ1n) is 7.59. The fourth-order valence-corrected chi connectivity index (χ4v) is 2.70. The number of ether oxygens (including phenoxy) is 1. The molecule has 0 saturated heterocycles. The summed E-state index contributed by atoms with van der Waals surface area (Å²) in [6, 6.07) is 11.7. The van der Waals surface area contributed by atoms with Gasteiger partial charge in [-0.25, -0.2) is 9.78 Å². The second-order valence-corrected chi connectivity index (χ2v) is 5.53. The van der Waals surface area contributed by atoms with Crippen molar-refractivity contribution < 1.29 is 14.6 Å². The summed E-state index contributed by atoms with van der Waals surface area (Å²) in [5.74, 6) is -0.194. The zero-order valence-corrected chi connectivity index (χ0v) is 13.6. The number of carboxylic acid groups (broad SMARTS) is 1. The van der Waals surface area contributed by atoms with Crippen LogP contribution in [-0.4, -0.2) is 27.6 Å². The normalized spacial score (nSPS) is 11.2. The summed E-state index contributed by atoms with van der Waals surface area (Å²) >= 11 is 0. The summed E-state index contributed by atoms with van der Waals surface area (Å²) in [6.45, 7) is 1.99. The molecule has 122 valence electrons. The predicted octanol–water partition coefficient (Wildman–Crippen LogP) is 3.34. The molecular formula is C19H18N2O3. The molecule has 2 heterocycles. The number of aliphatic carboxylic acids is 1. The number of methoxy groups -OCH3 is 1. The lowest BCUT2D eigenvalue weighted by atomic mass is 10.1. The van der Waals surface area contributed by atoms with Crippen molar-refractivity contribution in [2.24, 2.45) is 0 Å². The van der Waals surface area contributed by atoms with E-state index in [-0.39, 0.29) is 0 Å². The second-order valence-electron chi connectivity index (χ2n) is 5.53. The van der Waals surface area contributed by atoms with Crippen molar-refractivity contribution in [3.8, 4) is 5.75 Å². The van der Waals surface area contributed by atoms with Crippen LogP contribution in [0.2, 0.25) is 0 Å². The molecule has 0 radical (unpaired) electrons. The number of hydrogen-bond acceptors (Lipinski definition) is 3. The predicted molar refractivity (Wildman–Crippen MR) is 92.4 cm³/mol. The molecule has 0 fully saturated rings. The maximum absolute atomic E-state index is 10.9. The average Bonchev–Trinajstić information content (AvgIpc) is 2.92. The fourth-order valence-electron chi connectivity index (χ4n) is 2.70. The summed E-state index contributed by atoms with van der Waals surface area (Å²) in [6.07, 6.45) is 5.22. The number of benzene rings is 1.